The number of amides is 1. The van der Waals surface area contributed by atoms with Gasteiger partial charge < -0.3 is 4.90 Å². The van der Waals surface area contributed by atoms with Crippen molar-refractivity contribution < 1.29 is 4.79 Å². The van der Waals surface area contributed by atoms with Crippen molar-refractivity contribution in [1.29, 1.82) is 0 Å². The zero-order valence-electron chi connectivity index (χ0n) is 15.4. The van der Waals surface area contributed by atoms with Gasteiger partial charge in [-0.3, -0.25) is 9.69 Å². The molecule has 0 aliphatic rings. The zero-order chi connectivity index (χ0) is 19.2. The first kappa shape index (κ1) is 20.0. The minimum absolute atomic E-state index is 0.0641. The molecule has 0 fully saturated rings. The second-order valence-corrected chi connectivity index (χ2v) is 8.34. The summed E-state index contributed by atoms with van der Waals surface area (Å²) in [7, 11) is 0. The molecule has 0 saturated heterocycles. The molecular formula is C20H22ClN3OS2. The lowest BCUT2D eigenvalue weighted by molar-refractivity contribution is -0.114. The van der Waals surface area contributed by atoms with Gasteiger partial charge in [0.1, 0.15) is 5.52 Å². The Labute approximate surface area is 172 Å². The minimum atomic E-state index is -0.0641. The summed E-state index contributed by atoms with van der Waals surface area (Å²) in [5, 5.41) is 3.30. The molecule has 7 heteroatoms. The van der Waals surface area contributed by atoms with E-state index in [2.05, 4.69) is 23.7 Å². The fraction of sp³-hybridized carbons (Fsp3) is 0.300. The average molecular weight is 420 g/mol. The fourth-order valence-corrected chi connectivity index (χ4v) is 4.64. The quantitative estimate of drug-likeness (QED) is 0.458. The van der Waals surface area contributed by atoms with Crippen LogP contribution in [-0.4, -0.2) is 42.0 Å². The second kappa shape index (κ2) is 9.46. The van der Waals surface area contributed by atoms with Crippen LogP contribution in [-0.2, 0) is 4.79 Å². The molecule has 0 radical (unpaired) electrons. The van der Waals surface area contributed by atoms with E-state index in [1.807, 2.05) is 41.8 Å². The normalized spacial score (nSPS) is 11.7. The Bertz CT molecular complexity index is 917. The lowest BCUT2D eigenvalue weighted by Crippen LogP contribution is -2.38. The van der Waals surface area contributed by atoms with Gasteiger partial charge in [-0.1, -0.05) is 48.9 Å². The highest BCUT2D eigenvalue weighted by atomic mass is 35.5. The number of thiophene rings is 1. The van der Waals surface area contributed by atoms with Crippen LogP contribution in [0.5, 0.6) is 0 Å². The van der Waals surface area contributed by atoms with Crippen LogP contribution in [0.25, 0.3) is 16.3 Å². The maximum atomic E-state index is 12.9. The summed E-state index contributed by atoms with van der Waals surface area (Å²) in [4.78, 5) is 22.7. The van der Waals surface area contributed by atoms with Gasteiger partial charge in [-0.15, -0.1) is 11.3 Å². The van der Waals surface area contributed by atoms with Crippen molar-refractivity contribution in [1.82, 2.24) is 9.88 Å². The summed E-state index contributed by atoms with van der Waals surface area (Å²) in [6, 6.07) is 9.68. The van der Waals surface area contributed by atoms with Gasteiger partial charge in [-0.25, -0.2) is 4.98 Å². The number of aromatic nitrogens is 1. The molecule has 0 atom stereocenters. The lowest BCUT2D eigenvalue weighted by atomic mass is 10.3. The van der Waals surface area contributed by atoms with Gasteiger partial charge >= 0.3 is 0 Å². The smallest absolute Gasteiger partial charge is 0.252 e. The number of fused-ring (bicyclic) bond motifs is 1. The number of rotatable bonds is 8. The van der Waals surface area contributed by atoms with Crippen molar-refractivity contribution in [3.05, 3.63) is 51.7 Å². The van der Waals surface area contributed by atoms with Crippen LogP contribution in [0, 0.1) is 0 Å². The third-order valence-corrected chi connectivity index (χ3v) is 6.51. The fourth-order valence-electron chi connectivity index (χ4n) is 2.73. The highest BCUT2D eigenvalue weighted by molar-refractivity contribution is 7.22. The van der Waals surface area contributed by atoms with Gasteiger partial charge in [0.2, 0.25) is 0 Å². The number of anilines is 1. The van der Waals surface area contributed by atoms with Gasteiger partial charge in [-0.05, 0) is 42.7 Å². The average Bonchev–Trinajstić information content (AvgIpc) is 3.33. The van der Waals surface area contributed by atoms with E-state index >= 15 is 0 Å². The van der Waals surface area contributed by atoms with E-state index < -0.39 is 0 Å². The third kappa shape index (κ3) is 4.96. The van der Waals surface area contributed by atoms with E-state index in [1.54, 1.807) is 22.3 Å². The molecule has 1 amide bonds. The van der Waals surface area contributed by atoms with E-state index in [1.165, 1.54) is 11.3 Å². The molecule has 4 nitrogen and oxygen atoms in total. The van der Waals surface area contributed by atoms with Crippen LogP contribution < -0.4 is 4.90 Å². The highest BCUT2D eigenvalue weighted by Gasteiger charge is 2.19. The predicted octanol–water partition coefficient (Wildman–Crippen LogP) is 5.40. The van der Waals surface area contributed by atoms with Crippen LogP contribution in [0.15, 0.2) is 41.8 Å². The minimum Gasteiger partial charge on any atom is -0.302 e. The Balaban J connectivity index is 1.87. The Hall–Kier alpha value is -1.73. The molecular weight excluding hydrogens is 398 g/mol. The van der Waals surface area contributed by atoms with E-state index in [9.17, 15) is 4.79 Å². The maximum absolute atomic E-state index is 12.9. The summed E-state index contributed by atoms with van der Waals surface area (Å²) in [5.41, 5.74) is 0.752. The van der Waals surface area contributed by atoms with E-state index in [-0.39, 0.29) is 5.91 Å². The standard InChI is InChI=1S/C20H22ClN3OS2/c1-3-23(4-2)12-13-24(18(25)11-10-15-7-6-14-26-15)20-22-19-16(21)8-5-9-17(19)27-20/h5-11,14H,3-4,12-13H2,1-2H3/b11-10+. The van der Waals surface area contributed by atoms with Crippen molar-refractivity contribution in [2.75, 3.05) is 31.1 Å². The first-order valence-electron chi connectivity index (χ1n) is 8.92. The number of carbonyl (C=O) groups is 1. The van der Waals surface area contributed by atoms with Gasteiger partial charge in [0, 0.05) is 24.0 Å². The Morgan fingerprint density at radius 3 is 2.67 bits per heavy atom. The van der Waals surface area contributed by atoms with E-state index in [0.717, 1.165) is 34.7 Å². The molecule has 0 N–H and O–H groups in total. The molecule has 0 spiro atoms. The molecule has 27 heavy (non-hydrogen) atoms. The van der Waals surface area contributed by atoms with Crippen molar-refractivity contribution in [2.45, 2.75) is 13.8 Å². The first-order chi connectivity index (χ1) is 13.1. The lowest BCUT2D eigenvalue weighted by Gasteiger charge is -2.23. The van der Waals surface area contributed by atoms with Crippen LogP contribution in [0.3, 0.4) is 0 Å². The van der Waals surface area contributed by atoms with Crippen molar-refractivity contribution >= 4 is 61.6 Å². The second-order valence-electron chi connectivity index (χ2n) is 5.95. The summed E-state index contributed by atoms with van der Waals surface area (Å²) in [6.07, 6.45) is 3.49. The topological polar surface area (TPSA) is 36.4 Å². The summed E-state index contributed by atoms with van der Waals surface area (Å²) >= 11 is 9.38. The number of halogens is 1. The summed E-state index contributed by atoms with van der Waals surface area (Å²) in [5.74, 6) is -0.0641. The van der Waals surface area contributed by atoms with Gasteiger partial charge in [-0.2, -0.15) is 0 Å². The number of benzene rings is 1. The number of hydrogen-bond acceptors (Lipinski definition) is 5. The van der Waals surface area contributed by atoms with Crippen molar-refractivity contribution in [3.63, 3.8) is 0 Å². The number of hydrogen-bond donors (Lipinski definition) is 0. The largest absolute Gasteiger partial charge is 0.302 e. The molecule has 3 aromatic rings. The molecule has 2 aromatic heterocycles. The Morgan fingerprint density at radius 1 is 1.19 bits per heavy atom. The summed E-state index contributed by atoms with van der Waals surface area (Å²) in [6.45, 7) is 7.56. The van der Waals surface area contributed by atoms with Crippen LogP contribution in [0.2, 0.25) is 5.02 Å². The number of nitrogens with zero attached hydrogens (tertiary/aromatic N) is 3. The predicted molar refractivity (Wildman–Crippen MR) is 118 cm³/mol. The van der Waals surface area contributed by atoms with Gasteiger partial charge in [0.15, 0.2) is 5.13 Å². The number of para-hydroxylation sites is 1. The molecule has 0 unspecified atom stereocenters. The maximum Gasteiger partial charge on any atom is 0.252 e. The molecule has 0 bridgehead atoms. The Kier molecular flexibility index (Phi) is 7.01. The Morgan fingerprint density at radius 2 is 2.00 bits per heavy atom. The number of likely N-dealkylation sites (N-methyl/N-ethyl adjacent to an activating group) is 1. The molecule has 1 aromatic carbocycles. The highest BCUT2D eigenvalue weighted by Crippen LogP contribution is 2.33. The zero-order valence-corrected chi connectivity index (χ0v) is 17.8. The monoisotopic (exact) mass is 419 g/mol. The molecule has 2 heterocycles. The van der Waals surface area contributed by atoms with Crippen molar-refractivity contribution in [2.24, 2.45) is 0 Å². The van der Waals surface area contributed by atoms with Gasteiger partial charge in [0.05, 0.1) is 9.72 Å². The van der Waals surface area contributed by atoms with Crippen LogP contribution >= 0.6 is 34.3 Å². The number of carbonyl (C=O) groups excluding carboxylic acids is 1. The first-order valence-corrected chi connectivity index (χ1v) is 11.0. The molecule has 142 valence electrons. The molecule has 3 rings (SSSR count). The SMILES string of the molecule is CCN(CC)CCN(C(=O)/C=C/c1cccs1)c1nc2c(Cl)cccc2s1. The molecule has 0 aliphatic carbocycles. The van der Waals surface area contributed by atoms with Gasteiger partial charge in [0.25, 0.3) is 5.91 Å². The van der Waals surface area contributed by atoms with E-state index in [4.69, 9.17) is 11.6 Å². The van der Waals surface area contributed by atoms with Crippen LogP contribution in [0.1, 0.15) is 18.7 Å². The molecule has 0 saturated carbocycles. The number of thiazole rings is 1. The molecule has 0 aliphatic heterocycles. The summed E-state index contributed by atoms with van der Waals surface area (Å²) < 4.78 is 0.986. The van der Waals surface area contributed by atoms with Crippen molar-refractivity contribution in [3.8, 4) is 0 Å². The van der Waals surface area contributed by atoms with E-state index in [0.29, 0.717) is 16.7 Å². The van der Waals surface area contributed by atoms with Crippen LogP contribution in [0.4, 0.5) is 5.13 Å². The third-order valence-electron chi connectivity index (χ3n) is 4.32.